The van der Waals surface area contributed by atoms with Crippen LogP contribution in [0.2, 0.25) is 0 Å². The molecule has 3 rings (SSSR count). The maximum Gasteiger partial charge on any atom is 0.227 e. The summed E-state index contributed by atoms with van der Waals surface area (Å²) >= 11 is 0. The number of benzene rings is 2. The summed E-state index contributed by atoms with van der Waals surface area (Å²) in [6.07, 6.45) is 0. The molecule has 0 amide bonds. The molecule has 25 heavy (non-hydrogen) atoms. The maximum absolute atomic E-state index is 9.10. The van der Waals surface area contributed by atoms with Gasteiger partial charge in [-0.3, -0.25) is 0 Å². The summed E-state index contributed by atoms with van der Waals surface area (Å²) in [5, 5.41) is 29.6. The molecule has 2 aromatic carbocycles. The molecule has 0 fully saturated rings. The average molecular weight is 325 g/mol. The van der Waals surface area contributed by atoms with Crippen LogP contribution in [0, 0.1) is 40.9 Å². The molecule has 1 N–H and O–H groups in total. The number of hydrogen-bond acceptors (Lipinski definition) is 6. The summed E-state index contributed by atoms with van der Waals surface area (Å²) in [5.41, 5.74) is 3.36. The van der Waals surface area contributed by atoms with Crippen LogP contribution >= 0.6 is 0 Å². The molecule has 118 valence electrons. The molecule has 0 spiro atoms. The van der Waals surface area contributed by atoms with E-state index in [1.54, 1.807) is 30.3 Å². The van der Waals surface area contributed by atoms with E-state index in [1.807, 2.05) is 37.3 Å². The Kier molecular flexibility index (Phi) is 4.16. The highest BCUT2D eigenvalue weighted by Gasteiger charge is 2.11. The number of nitriles is 3. The number of anilines is 1. The maximum atomic E-state index is 9.10. The van der Waals surface area contributed by atoms with E-state index in [-0.39, 0.29) is 11.3 Å². The van der Waals surface area contributed by atoms with Crippen LogP contribution < -0.4 is 5.32 Å². The zero-order valence-electron chi connectivity index (χ0n) is 13.2. The van der Waals surface area contributed by atoms with Crippen molar-refractivity contribution < 1.29 is 4.42 Å². The van der Waals surface area contributed by atoms with Gasteiger partial charge in [0.05, 0.1) is 0 Å². The second kappa shape index (κ2) is 6.58. The molecule has 0 aliphatic rings. The fourth-order valence-electron chi connectivity index (χ4n) is 2.25. The van der Waals surface area contributed by atoms with Crippen molar-refractivity contribution in [1.29, 1.82) is 15.8 Å². The van der Waals surface area contributed by atoms with E-state index < -0.39 is 0 Å². The van der Waals surface area contributed by atoms with Crippen molar-refractivity contribution in [1.82, 2.24) is 4.98 Å². The first-order chi connectivity index (χ1) is 12.1. The van der Waals surface area contributed by atoms with Crippen LogP contribution in [0.15, 0.2) is 58.2 Å². The van der Waals surface area contributed by atoms with Crippen molar-refractivity contribution in [2.75, 3.05) is 5.32 Å². The van der Waals surface area contributed by atoms with Crippen LogP contribution in [0.3, 0.4) is 0 Å². The Morgan fingerprint density at radius 1 is 1.00 bits per heavy atom. The monoisotopic (exact) mass is 325 g/mol. The molecule has 0 unspecified atom stereocenters. The van der Waals surface area contributed by atoms with Gasteiger partial charge in [0.25, 0.3) is 0 Å². The van der Waals surface area contributed by atoms with Crippen molar-refractivity contribution in [2.45, 2.75) is 6.92 Å². The quantitative estimate of drug-likeness (QED) is 0.728. The molecule has 0 bridgehead atoms. The highest BCUT2D eigenvalue weighted by atomic mass is 16.3. The van der Waals surface area contributed by atoms with Crippen molar-refractivity contribution in [2.24, 2.45) is 0 Å². The number of aromatic nitrogens is 1. The van der Waals surface area contributed by atoms with Gasteiger partial charge < -0.3 is 9.73 Å². The Labute approximate surface area is 143 Å². The average Bonchev–Trinajstić information content (AvgIpc) is 3.05. The minimum Gasteiger partial charge on any atom is -0.436 e. The molecule has 0 aliphatic carbocycles. The first-order valence-electron chi connectivity index (χ1n) is 7.34. The first-order valence-corrected chi connectivity index (χ1v) is 7.34. The lowest BCUT2D eigenvalue weighted by Crippen LogP contribution is -2.00. The minimum absolute atomic E-state index is 0.109. The van der Waals surface area contributed by atoms with Crippen LogP contribution in [0.5, 0.6) is 0 Å². The zero-order valence-corrected chi connectivity index (χ0v) is 13.2. The number of rotatable bonds is 3. The summed E-state index contributed by atoms with van der Waals surface area (Å²) in [6, 6.07) is 18.1. The minimum atomic E-state index is -0.277. The Morgan fingerprint density at radius 3 is 2.36 bits per heavy atom. The molecule has 0 saturated carbocycles. The lowest BCUT2D eigenvalue weighted by molar-refractivity contribution is 0.620. The van der Waals surface area contributed by atoms with Crippen molar-refractivity contribution in [3.63, 3.8) is 0 Å². The molecule has 6 nitrogen and oxygen atoms in total. The first kappa shape index (κ1) is 15.8. The van der Waals surface area contributed by atoms with E-state index in [1.165, 1.54) is 0 Å². The number of nitrogens with one attached hydrogen (secondary N) is 1. The summed E-state index contributed by atoms with van der Waals surface area (Å²) in [6.45, 7) is 2.00. The Balaban J connectivity index is 1.98. The number of hydrogen-bond donors (Lipinski definition) is 1. The number of allylic oxidation sites excluding steroid dienone is 2. The van der Waals surface area contributed by atoms with E-state index >= 15 is 0 Å². The fourth-order valence-corrected chi connectivity index (χ4v) is 2.25. The van der Waals surface area contributed by atoms with Crippen LogP contribution in [0.4, 0.5) is 5.69 Å². The smallest absolute Gasteiger partial charge is 0.227 e. The summed E-state index contributed by atoms with van der Waals surface area (Å²) in [4.78, 5) is 4.44. The van der Waals surface area contributed by atoms with E-state index in [0.29, 0.717) is 22.7 Å². The van der Waals surface area contributed by atoms with Gasteiger partial charge >= 0.3 is 0 Å². The molecule has 6 heteroatoms. The van der Waals surface area contributed by atoms with Gasteiger partial charge in [0.15, 0.2) is 11.2 Å². The van der Waals surface area contributed by atoms with E-state index in [2.05, 4.69) is 10.3 Å². The second-order valence-corrected chi connectivity index (χ2v) is 5.28. The van der Waals surface area contributed by atoms with Gasteiger partial charge in [0.2, 0.25) is 5.89 Å². The molecule has 0 atom stereocenters. The molecule has 0 aliphatic heterocycles. The van der Waals surface area contributed by atoms with Gasteiger partial charge in [-0.2, -0.15) is 15.8 Å². The van der Waals surface area contributed by atoms with Crippen LogP contribution in [-0.4, -0.2) is 4.98 Å². The van der Waals surface area contributed by atoms with Gasteiger partial charge in [-0.05, 0) is 31.2 Å². The number of aryl methyl sites for hydroxylation is 1. The lowest BCUT2D eigenvalue weighted by atomic mass is 10.1. The Hall–Kier alpha value is -4.08. The molecule has 3 aromatic rings. The Bertz CT molecular complexity index is 1090. The zero-order chi connectivity index (χ0) is 17.8. The SMILES string of the molecule is Cc1ccc(-c2nc3ccc(NC(C#N)=C(C#N)C#N)cc3o2)cc1. The van der Waals surface area contributed by atoms with Crippen molar-refractivity contribution >= 4 is 16.8 Å². The predicted molar refractivity (Wildman–Crippen MR) is 91.7 cm³/mol. The second-order valence-electron chi connectivity index (χ2n) is 5.28. The van der Waals surface area contributed by atoms with Crippen LogP contribution in [-0.2, 0) is 0 Å². The highest BCUT2D eigenvalue weighted by Crippen LogP contribution is 2.27. The standard InChI is InChI=1S/C19H11N5O/c1-12-2-4-13(5-3-12)19-24-16-7-6-15(8-18(16)25-19)23-17(11-22)14(9-20)10-21/h2-8,23H,1H3. The molecule has 1 aromatic heterocycles. The summed E-state index contributed by atoms with van der Waals surface area (Å²) in [7, 11) is 0. The summed E-state index contributed by atoms with van der Waals surface area (Å²) < 4.78 is 5.78. The fraction of sp³-hybridized carbons (Fsp3) is 0.0526. The Morgan fingerprint density at radius 2 is 1.72 bits per heavy atom. The van der Waals surface area contributed by atoms with Crippen LogP contribution in [0.1, 0.15) is 5.56 Å². The van der Waals surface area contributed by atoms with Gasteiger partial charge in [0.1, 0.15) is 29.4 Å². The third kappa shape index (κ3) is 3.17. The lowest BCUT2D eigenvalue weighted by Gasteiger charge is -2.03. The third-order valence-electron chi connectivity index (χ3n) is 3.54. The number of nitrogens with zero attached hydrogens (tertiary/aromatic N) is 4. The molecule has 0 saturated heterocycles. The molecule has 0 radical (unpaired) electrons. The molecular weight excluding hydrogens is 314 g/mol. The van der Waals surface area contributed by atoms with Gasteiger partial charge in [-0.15, -0.1) is 0 Å². The predicted octanol–water partition coefficient (Wildman–Crippen LogP) is 4.04. The molecule has 1 heterocycles. The van der Waals surface area contributed by atoms with E-state index in [0.717, 1.165) is 11.1 Å². The third-order valence-corrected chi connectivity index (χ3v) is 3.54. The van der Waals surface area contributed by atoms with E-state index in [9.17, 15) is 0 Å². The number of oxazole rings is 1. The number of fused-ring (bicyclic) bond motifs is 1. The van der Waals surface area contributed by atoms with Crippen molar-refractivity contribution in [3.05, 3.63) is 59.3 Å². The van der Waals surface area contributed by atoms with Gasteiger partial charge in [-0.25, -0.2) is 4.98 Å². The summed E-state index contributed by atoms with van der Waals surface area (Å²) in [5.74, 6) is 0.498. The largest absolute Gasteiger partial charge is 0.436 e. The van der Waals surface area contributed by atoms with Gasteiger partial charge in [0, 0.05) is 17.3 Å². The molecular formula is C19H11N5O. The van der Waals surface area contributed by atoms with E-state index in [4.69, 9.17) is 20.2 Å². The van der Waals surface area contributed by atoms with Gasteiger partial charge in [-0.1, -0.05) is 17.7 Å². The van der Waals surface area contributed by atoms with Crippen molar-refractivity contribution in [3.8, 4) is 29.7 Å². The topological polar surface area (TPSA) is 109 Å². The highest BCUT2D eigenvalue weighted by molar-refractivity contribution is 5.80. The van der Waals surface area contributed by atoms with Crippen LogP contribution in [0.25, 0.3) is 22.6 Å². The normalized spacial score (nSPS) is 9.68.